The Hall–Kier alpha value is -3.99. The highest BCUT2D eigenvalue weighted by atomic mass is 32.2. The molecule has 0 fully saturated rings. The third-order valence-corrected chi connectivity index (χ3v) is 7.24. The fourth-order valence-electron chi connectivity index (χ4n) is 3.60. The lowest BCUT2D eigenvalue weighted by Crippen LogP contribution is -2.23. The fourth-order valence-corrected chi connectivity index (χ4v) is 5.15. The second-order valence-corrected chi connectivity index (χ2v) is 9.84. The van der Waals surface area contributed by atoms with Crippen molar-refractivity contribution < 1.29 is 23.1 Å². The molecule has 176 valence electrons. The van der Waals surface area contributed by atoms with Crippen LogP contribution in [0.15, 0.2) is 66.1 Å². The Labute approximate surface area is 196 Å². The van der Waals surface area contributed by atoms with Crippen molar-refractivity contribution in [3.05, 3.63) is 72.3 Å². The number of hydrogen-bond donors (Lipinski definition) is 2. The number of hydrogen-bond acceptors (Lipinski definition) is 8. The number of aromatic carboxylic acids is 1. The molecule has 34 heavy (non-hydrogen) atoms. The molecule has 10 nitrogen and oxygen atoms in total. The van der Waals surface area contributed by atoms with Crippen molar-refractivity contribution >= 4 is 32.5 Å². The number of carbonyl (C=O) groups is 1. The molecular formula is C23H23N5O5S. The summed E-state index contributed by atoms with van der Waals surface area (Å²) in [6.07, 6.45) is 5.64. The number of nitrogens with zero attached hydrogens (tertiary/aromatic N) is 4. The van der Waals surface area contributed by atoms with E-state index in [0.29, 0.717) is 22.3 Å². The summed E-state index contributed by atoms with van der Waals surface area (Å²) in [5, 5.41) is 16.2. The number of anilines is 1. The van der Waals surface area contributed by atoms with Gasteiger partial charge in [-0.15, -0.1) is 0 Å². The molecular weight excluding hydrogens is 458 g/mol. The number of aromatic nitrogens is 4. The zero-order chi connectivity index (χ0) is 24.5. The summed E-state index contributed by atoms with van der Waals surface area (Å²) in [5.41, 5.74) is 0.718. The number of carboxylic acid groups (broad SMARTS) is 1. The van der Waals surface area contributed by atoms with Crippen LogP contribution in [0.5, 0.6) is 5.75 Å². The van der Waals surface area contributed by atoms with Crippen molar-refractivity contribution in [3.63, 3.8) is 0 Å². The van der Waals surface area contributed by atoms with Gasteiger partial charge in [0.25, 0.3) is 0 Å². The summed E-state index contributed by atoms with van der Waals surface area (Å²) in [7, 11) is -2.56. The van der Waals surface area contributed by atoms with E-state index in [0.717, 1.165) is 0 Å². The second kappa shape index (κ2) is 9.10. The topological polar surface area (TPSA) is 136 Å². The van der Waals surface area contributed by atoms with Crippen LogP contribution in [-0.2, 0) is 9.84 Å². The minimum Gasteiger partial charge on any atom is -0.497 e. The van der Waals surface area contributed by atoms with Crippen molar-refractivity contribution in [1.29, 1.82) is 0 Å². The Balaban J connectivity index is 1.91. The third-order valence-electron chi connectivity index (χ3n) is 5.30. The molecule has 0 aliphatic carbocycles. The van der Waals surface area contributed by atoms with Gasteiger partial charge in [-0.3, -0.25) is 4.98 Å². The Bertz CT molecular complexity index is 1430. The zero-order valence-electron chi connectivity index (χ0n) is 18.7. The molecule has 11 heteroatoms. The predicted octanol–water partition coefficient (Wildman–Crippen LogP) is 3.70. The van der Waals surface area contributed by atoms with Gasteiger partial charge in [0.1, 0.15) is 11.3 Å². The SMILES string of the molecule is COc1ccc(S(=O)(=O)C(Nc2c(C(=O)O)cnc3c2cnn3C(C)C)c2cccnc2)cc1. The summed E-state index contributed by atoms with van der Waals surface area (Å²) in [5.74, 6) is -0.740. The normalized spacial score (nSPS) is 12.6. The van der Waals surface area contributed by atoms with Crippen LogP contribution >= 0.6 is 0 Å². The molecule has 0 saturated heterocycles. The van der Waals surface area contributed by atoms with Crippen LogP contribution in [0, 0.1) is 0 Å². The number of methoxy groups -OCH3 is 1. The summed E-state index contributed by atoms with van der Waals surface area (Å²) in [6.45, 7) is 3.83. The van der Waals surface area contributed by atoms with Crippen LogP contribution in [0.1, 0.15) is 41.2 Å². The minimum atomic E-state index is -4.05. The Kier molecular flexibility index (Phi) is 6.20. The predicted molar refractivity (Wildman–Crippen MR) is 126 cm³/mol. The lowest BCUT2D eigenvalue weighted by molar-refractivity contribution is 0.0697. The first kappa shape index (κ1) is 23.2. The maximum atomic E-state index is 13.8. The van der Waals surface area contributed by atoms with Crippen molar-refractivity contribution in [1.82, 2.24) is 19.7 Å². The lowest BCUT2D eigenvalue weighted by Gasteiger charge is -2.22. The summed E-state index contributed by atoms with van der Waals surface area (Å²) in [6, 6.07) is 9.17. The maximum absolute atomic E-state index is 13.8. The van der Waals surface area contributed by atoms with Gasteiger partial charge in [0.2, 0.25) is 9.84 Å². The van der Waals surface area contributed by atoms with Crippen LogP contribution in [0.3, 0.4) is 0 Å². The van der Waals surface area contributed by atoms with Crippen molar-refractivity contribution in [2.45, 2.75) is 30.2 Å². The zero-order valence-corrected chi connectivity index (χ0v) is 19.5. The quantitative estimate of drug-likeness (QED) is 0.386. The Morgan fingerprint density at radius 1 is 1.12 bits per heavy atom. The van der Waals surface area contributed by atoms with Gasteiger partial charge in [-0.2, -0.15) is 5.10 Å². The van der Waals surface area contributed by atoms with E-state index in [4.69, 9.17) is 4.74 Å². The molecule has 4 aromatic rings. The van der Waals surface area contributed by atoms with E-state index in [1.54, 1.807) is 28.9 Å². The molecule has 0 radical (unpaired) electrons. The van der Waals surface area contributed by atoms with Gasteiger partial charge in [-0.1, -0.05) is 6.07 Å². The van der Waals surface area contributed by atoms with E-state index in [1.165, 1.54) is 44.0 Å². The van der Waals surface area contributed by atoms with Crippen molar-refractivity contribution in [3.8, 4) is 5.75 Å². The van der Waals surface area contributed by atoms with Crippen LogP contribution < -0.4 is 10.1 Å². The Morgan fingerprint density at radius 2 is 1.85 bits per heavy atom. The Morgan fingerprint density at radius 3 is 2.44 bits per heavy atom. The molecule has 0 bridgehead atoms. The highest BCUT2D eigenvalue weighted by Gasteiger charge is 2.32. The average Bonchev–Trinajstić information content (AvgIpc) is 3.27. The minimum absolute atomic E-state index is 0.0364. The summed E-state index contributed by atoms with van der Waals surface area (Å²) < 4.78 is 34.3. The number of carboxylic acids is 1. The number of rotatable bonds is 8. The average molecular weight is 482 g/mol. The number of nitrogens with one attached hydrogen (secondary N) is 1. The van der Waals surface area contributed by atoms with Gasteiger partial charge < -0.3 is 15.2 Å². The van der Waals surface area contributed by atoms with E-state index in [2.05, 4.69) is 20.4 Å². The van der Waals surface area contributed by atoms with Gasteiger partial charge >= 0.3 is 5.97 Å². The molecule has 0 aliphatic rings. The molecule has 2 N–H and O–H groups in total. The van der Waals surface area contributed by atoms with Crippen LogP contribution in [0.4, 0.5) is 5.69 Å². The van der Waals surface area contributed by atoms with Crippen molar-refractivity contribution in [2.24, 2.45) is 0 Å². The molecule has 3 heterocycles. The van der Waals surface area contributed by atoms with Gasteiger partial charge in [0.05, 0.1) is 29.3 Å². The van der Waals surface area contributed by atoms with Gasteiger partial charge in [-0.05, 0) is 44.2 Å². The van der Waals surface area contributed by atoms with Crippen molar-refractivity contribution in [2.75, 3.05) is 12.4 Å². The number of benzene rings is 1. The molecule has 0 saturated carbocycles. The number of pyridine rings is 2. The highest BCUT2D eigenvalue weighted by molar-refractivity contribution is 7.91. The first-order valence-electron chi connectivity index (χ1n) is 10.4. The van der Waals surface area contributed by atoms with E-state index in [9.17, 15) is 18.3 Å². The number of sulfone groups is 1. The van der Waals surface area contributed by atoms with Crippen LogP contribution in [0.25, 0.3) is 11.0 Å². The van der Waals surface area contributed by atoms with Gasteiger partial charge in [-0.25, -0.2) is 22.9 Å². The molecule has 1 aromatic carbocycles. The summed E-state index contributed by atoms with van der Waals surface area (Å²) >= 11 is 0. The van der Waals surface area contributed by atoms with Crippen LogP contribution in [0.2, 0.25) is 0 Å². The van der Waals surface area contributed by atoms with E-state index >= 15 is 0 Å². The lowest BCUT2D eigenvalue weighted by atomic mass is 10.1. The number of fused-ring (bicyclic) bond motifs is 1. The molecule has 3 aromatic heterocycles. The summed E-state index contributed by atoms with van der Waals surface area (Å²) in [4.78, 5) is 20.4. The first-order chi connectivity index (χ1) is 16.2. The third kappa shape index (κ3) is 4.17. The number of ether oxygens (including phenoxy) is 1. The highest BCUT2D eigenvalue weighted by Crippen LogP contribution is 2.35. The van der Waals surface area contributed by atoms with E-state index in [-0.39, 0.29) is 22.2 Å². The van der Waals surface area contributed by atoms with Crippen LogP contribution in [-0.4, -0.2) is 46.4 Å². The van der Waals surface area contributed by atoms with Gasteiger partial charge in [0.15, 0.2) is 11.0 Å². The van der Waals surface area contributed by atoms with Gasteiger partial charge in [0, 0.05) is 30.2 Å². The standard InChI is InChI=1S/C23H23N5O5S/c1-14(2)28-21-18(13-26-28)20(19(12-25-21)23(29)30)27-22(15-5-4-10-24-11-15)34(31,32)17-8-6-16(33-3)7-9-17/h4-14,22H,1-3H3,(H,25,27)(H,29,30). The maximum Gasteiger partial charge on any atom is 0.339 e. The molecule has 4 rings (SSSR count). The molecule has 1 unspecified atom stereocenters. The molecule has 0 amide bonds. The molecule has 1 atom stereocenters. The largest absolute Gasteiger partial charge is 0.497 e. The van der Waals surface area contributed by atoms with E-state index < -0.39 is 21.2 Å². The molecule has 0 aliphatic heterocycles. The first-order valence-corrected chi connectivity index (χ1v) is 11.9. The molecule has 0 spiro atoms. The second-order valence-electron chi connectivity index (χ2n) is 7.80. The smallest absolute Gasteiger partial charge is 0.339 e. The fraction of sp³-hybridized carbons (Fsp3) is 0.217. The van der Waals surface area contributed by atoms with E-state index in [1.807, 2.05) is 13.8 Å². The monoisotopic (exact) mass is 481 g/mol.